The summed E-state index contributed by atoms with van der Waals surface area (Å²) in [6.07, 6.45) is 7.19. The summed E-state index contributed by atoms with van der Waals surface area (Å²) in [7, 11) is 0. The predicted molar refractivity (Wildman–Crippen MR) is 83.6 cm³/mol. The number of ketones is 1. The van der Waals surface area contributed by atoms with Crippen molar-refractivity contribution in [2.24, 2.45) is 11.3 Å². The molecule has 2 atom stereocenters. The summed E-state index contributed by atoms with van der Waals surface area (Å²) < 4.78 is 6.49. The Labute approximate surface area is 126 Å². The van der Waals surface area contributed by atoms with Gasteiger partial charge in [-0.15, -0.1) is 0 Å². The third-order valence-corrected chi connectivity index (χ3v) is 4.67. The van der Waals surface area contributed by atoms with Gasteiger partial charge >= 0.3 is 0 Å². The number of hydrogen-bond donors (Lipinski definition) is 0. The molecule has 1 aliphatic heterocycles. The summed E-state index contributed by atoms with van der Waals surface area (Å²) in [5.41, 5.74) is 0.329. The van der Waals surface area contributed by atoms with Crippen LogP contribution in [0.1, 0.15) is 39.2 Å². The molecule has 2 nitrogen and oxygen atoms in total. The van der Waals surface area contributed by atoms with Crippen LogP contribution in [0.15, 0.2) is 54.3 Å². The van der Waals surface area contributed by atoms with Crippen LogP contribution >= 0.6 is 0 Å². The van der Waals surface area contributed by atoms with E-state index in [-0.39, 0.29) is 17.1 Å². The summed E-state index contributed by atoms with van der Waals surface area (Å²) in [6.45, 7) is 6.44. The summed E-state index contributed by atoms with van der Waals surface area (Å²) in [6, 6.07) is 10.2. The maximum Gasteiger partial charge on any atom is 0.148 e. The topological polar surface area (TPSA) is 26.3 Å². The zero-order valence-corrected chi connectivity index (χ0v) is 12.9. The van der Waals surface area contributed by atoms with Gasteiger partial charge in [0.1, 0.15) is 17.1 Å². The first kappa shape index (κ1) is 14.1. The van der Waals surface area contributed by atoms with Crippen molar-refractivity contribution < 1.29 is 9.53 Å². The van der Waals surface area contributed by atoms with E-state index in [1.807, 2.05) is 36.4 Å². The molecule has 0 bridgehead atoms. The molecule has 1 heterocycles. The van der Waals surface area contributed by atoms with Crippen LogP contribution in [-0.4, -0.2) is 5.78 Å². The number of Topliss-reactive ketones (excluding diaryl/α,β-unsaturated/α-hetero) is 1. The number of ether oxygens (including phenoxy) is 1. The van der Waals surface area contributed by atoms with Crippen molar-refractivity contribution in [2.75, 3.05) is 0 Å². The van der Waals surface area contributed by atoms with Gasteiger partial charge in [0.15, 0.2) is 0 Å². The second-order valence-electron chi connectivity index (χ2n) is 6.97. The fraction of sp³-hybridized carbons (Fsp3) is 0.421. The fourth-order valence-corrected chi connectivity index (χ4v) is 3.33. The molecule has 1 saturated heterocycles. The van der Waals surface area contributed by atoms with E-state index in [9.17, 15) is 4.79 Å². The van der Waals surface area contributed by atoms with E-state index in [4.69, 9.17) is 4.74 Å². The maximum atomic E-state index is 12.7. The highest BCUT2D eigenvalue weighted by Gasteiger charge is 2.52. The van der Waals surface area contributed by atoms with Crippen LogP contribution in [0.4, 0.5) is 0 Å². The second-order valence-corrected chi connectivity index (χ2v) is 6.97. The Hall–Kier alpha value is -1.83. The Balaban J connectivity index is 2.12. The minimum atomic E-state index is -0.584. The average Bonchev–Trinajstić information content (AvgIpc) is 2.47. The van der Waals surface area contributed by atoms with Crippen molar-refractivity contribution in [1.82, 2.24) is 0 Å². The molecule has 0 aromatic heterocycles. The van der Waals surface area contributed by atoms with Gasteiger partial charge in [0.05, 0.1) is 12.3 Å². The molecule has 0 N–H and O–H groups in total. The molecule has 2 unspecified atom stereocenters. The quantitative estimate of drug-likeness (QED) is 0.764. The van der Waals surface area contributed by atoms with Crippen molar-refractivity contribution in [3.8, 4) is 0 Å². The molecule has 1 aliphatic carbocycles. The lowest BCUT2D eigenvalue weighted by Crippen LogP contribution is -2.49. The van der Waals surface area contributed by atoms with Crippen LogP contribution in [0.25, 0.3) is 0 Å². The zero-order chi connectivity index (χ0) is 15.1. The van der Waals surface area contributed by atoms with E-state index in [2.05, 4.69) is 32.9 Å². The highest BCUT2D eigenvalue weighted by atomic mass is 16.5. The predicted octanol–water partition coefficient (Wildman–Crippen LogP) is 4.38. The SMILES string of the molecule is CC(C)(C)C1(c2ccccc2)CC(=O)C2CC=CC=C2O1. The van der Waals surface area contributed by atoms with Crippen molar-refractivity contribution in [3.63, 3.8) is 0 Å². The molecule has 2 aliphatic rings. The van der Waals surface area contributed by atoms with Gasteiger partial charge in [-0.25, -0.2) is 0 Å². The molecule has 3 rings (SSSR count). The van der Waals surface area contributed by atoms with Crippen molar-refractivity contribution in [2.45, 2.75) is 39.2 Å². The van der Waals surface area contributed by atoms with E-state index in [1.165, 1.54) is 0 Å². The van der Waals surface area contributed by atoms with Crippen LogP contribution in [-0.2, 0) is 15.1 Å². The number of fused-ring (bicyclic) bond motifs is 1. The molecule has 1 aromatic carbocycles. The van der Waals surface area contributed by atoms with E-state index < -0.39 is 5.60 Å². The van der Waals surface area contributed by atoms with Gasteiger partial charge in [-0.05, 0) is 18.1 Å². The highest BCUT2D eigenvalue weighted by molar-refractivity contribution is 5.86. The first-order valence-electron chi connectivity index (χ1n) is 7.58. The Morgan fingerprint density at radius 1 is 1.19 bits per heavy atom. The number of carbonyl (C=O) groups excluding carboxylic acids is 1. The van der Waals surface area contributed by atoms with Gasteiger partial charge in [-0.3, -0.25) is 4.79 Å². The first-order valence-corrected chi connectivity index (χ1v) is 7.58. The minimum absolute atomic E-state index is 0.0887. The molecule has 110 valence electrons. The Bertz CT molecular complexity index is 604. The third-order valence-electron chi connectivity index (χ3n) is 4.67. The lowest BCUT2D eigenvalue weighted by atomic mass is 9.66. The third kappa shape index (κ3) is 2.23. The van der Waals surface area contributed by atoms with E-state index in [1.54, 1.807) is 0 Å². The minimum Gasteiger partial charge on any atom is -0.485 e. The van der Waals surface area contributed by atoms with Crippen LogP contribution < -0.4 is 0 Å². The molecule has 21 heavy (non-hydrogen) atoms. The molecule has 0 radical (unpaired) electrons. The molecule has 0 amide bonds. The molecule has 1 aromatic rings. The largest absolute Gasteiger partial charge is 0.485 e. The summed E-state index contributed by atoms with van der Waals surface area (Å²) in [5, 5.41) is 0. The maximum absolute atomic E-state index is 12.7. The van der Waals surface area contributed by atoms with Gasteiger partial charge in [0.2, 0.25) is 0 Å². The van der Waals surface area contributed by atoms with Crippen molar-refractivity contribution in [3.05, 3.63) is 59.9 Å². The lowest BCUT2D eigenvalue weighted by molar-refractivity contribution is -0.157. The van der Waals surface area contributed by atoms with E-state index in [0.29, 0.717) is 6.42 Å². The molecule has 0 spiro atoms. The highest BCUT2D eigenvalue weighted by Crippen LogP contribution is 2.51. The zero-order valence-electron chi connectivity index (χ0n) is 12.9. The smallest absolute Gasteiger partial charge is 0.148 e. The van der Waals surface area contributed by atoms with Gasteiger partial charge in [0.25, 0.3) is 0 Å². The van der Waals surface area contributed by atoms with Crippen molar-refractivity contribution in [1.29, 1.82) is 0 Å². The van der Waals surface area contributed by atoms with Crippen LogP contribution in [0.5, 0.6) is 0 Å². The summed E-state index contributed by atoms with van der Waals surface area (Å²) in [4.78, 5) is 12.7. The van der Waals surface area contributed by atoms with Gasteiger partial charge in [0, 0.05) is 5.41 Å². The molecule has 0 saturated carbocycles. The fourth-order valence-electron chi connectivity index (χ4n) is 3.33. The van der Waals surface area contributed by atoms with Crippen LogP contribution in [0.3, 0.4) is 0 Å². The normalized spacial score (nSPS) is 28.6. The summed E-state index contributed by atoms with van der Waals surface area (Å²) >= 11 is 0. The first-order chi connectivity index (χ1) is 9.94. The molecule has 1 fully saturated rings. The van der Waals surface area contributed by atoms with Gasteiger partial charge < -0.3 is 4.74 Å². The number of rotatable bonds is 1. The molecular weight excluding hydrogens is 260 g/mol. The standard InChI is InChI=1S/C19H22O2/c1-18(2,3)19(14-9-5-4-6-10-14)13-16(20)15-11-7-8-12-17(15)21-19/h4-10,12,15H,11,13H2,1-3H3. The second kappa shape index (κ2) is 4.87. The molecule has 2 heteroatoms. The van der Waals surface area contributed by atoms with E-state index >= 15 is 0 Å². The van der Waals surface area contributed by atoms with E-state index in [0.717, 1.165) is 17.7 Å². The Kier molecular flexibility index (Phi) is 3.27. The lowest BCUT2D eigenvalue weighted by Gasteiger charge is -2.49. The summed E-state index contributed by atoms with van der Waals surface area (Å²) in [5.74, 6) is 1.03. The van der Waals surface area contributed by atoms with Crippen LogP contribution in [0, 0.1) is 11.3 Å². The number of allylic oxidation sites excluding steroid dienone is 4. The monoisotopic (exact) mass is 282 g/mol. The van der Waals surface area contributed by atoms with Gasteiger partial charge in [-0.2, -0.15) is 0 Å². The Morgan fingerprint density at radius 2 is 1.90 bits per heavy atom. The number of carbonyl (C=O) groups is 1. The van der Waals surface area contributed by atoms with Gasteiger partial charge in [-0.1, -0.05) is 63.3 Å². The number of benzene rings is 1. The Morgan fingerprint density at radius 3 is 2.57 bits per heavy atom. The van der Waals surface area contributed by atoms with Crippen molar-refractivity contribution >= 4 is 5.78 Å². The molecular formula is C19H22O2. The average molecular weight is 282 g/mol. The van der Waals surface area contributed by atoms with Crippen LogP contribution in [0.2, 0.25) is 0 Å². The number of hydrogen-bond acceptors (Lipinski definition) is 2.